The van der Waals surface area contributed by atoms with Crippen LogP contribution in [0.4, 0.5) is 0 Å². The molecule has 1 aromatic carbocycles. The van der Waals surface area contributed by atoms with Crippen LogP contribution in [0.5, 0.6) is 0 Å². The number of aryl methyl sites for hydroxylation is 1. The van der Waals surface area contributed by atoms with E-state index in [4.69, 9.17) is 0 Å². The van der Waals surface area contributed by atoms with Crippen molar-refractivity contribution in [3.63, 3.8) is 0 Å². The van der Waals surface area contributed by atoms with Crippen LogP contribution < -0.4 is 4.72 Å². The van der Waals surface area contributed by atoms with E-state index in [1.54, 1.807) is 13.8 Å². The first-order valence-electron chi connectivity index (χ1n) is 5.68. The Labute approximate surface area is 120 Å². The summed E-state index contributed by atoms with van der Waals surface area (Å²) in [5.41, 5.74) is 0.884. The van der Waals surface area contributed by atoms with Crippen molar-refractivity contribution in [2.24, 2.45) is 0 Å². The van der Waals surface area contributed by atoms with Crippen molar-refractivity contribution < 1.29 is 8.42 Å². The Balaban J connectivity index is 2.21. The summed E-state index contributed by atoms with van der Waals surface area (Å²) in [6, 6.07) is 7.18. The quantitative estimate of drug-likeness (QED) is 0.895. The standard InChI is InChI=1S/C12H14BrN3O2S/c1-8(10-4-3-5-11(13)6-10)16-19(17,18)12-7-14-9(2)15-12/h3-8,16H,1-2H3,(H,14,15). The summed E-state index contributed by atoms with van der Waals surface area (Å²) in [5, 5.41) is 0.0758. The van der Waals surface area contributed by atoms with Crippen molar-refractivity contribution in [2.75, 3.05) is 0 Å². The van der Waals surface area contributed by atoms with Gasteiger partial charge in [0.15, 0.2) is 5.03 Å². The largest absolute Gasteiger partial charge is 0.332 e. The molecule has 0 spiro atoms. The lowest BCUT2D eigenvalue weighted by atomic mass is 10.1. The Bertz CT molecular complexity index is 682. The number of hydrogen-bond acceptors (Lipinski definition) is 3. The molecule has 0 radical (unpaired) electrons. The molecular formula is C12H14BrN3O2S. The lowest BCUT2D eigenvalue weighted by Gasteiger charge is -2.14. The summed E-state index contributed by atoms with van der Waals surface area (Å²) >= 11 is 3.36. The van der Waals surface area contributed by atoms with E-state index in [9.17, 15) is 8.42 Å². The maximum absolute atomic E-state index is 12.1. The summed E-state index contributed by atoms with van der Waals surface area (Å²) < 4.78 is 27.8. The van der Waals surface area contributed by atoms with Gasteiger partial charge in [0.05, 0.1) is 6.20 Å². The van der Waals surface area contributed by atoms with Gasteiger partial charge in [0.25, 0.3) is 10.0 Å². The minimum absolute atomic E-state index is 0.0758. The van der Waals surface area contributed by atoms with Crippen LogP contribution in [0.25, 0.3) is 0 Å². The van der Waals surface area contributed by atoms with Crippen LogP contribution in [0.3, 0.4) is 0 Å². The van der Waals surface area contributed by atoms with Gasteiger partial charge in [0.1, 0.15) is 5.82 Å². The zero-order chi connectivity index (χ0) is 14.0. The zero-order valence-corrected chi connectivity index (χ0v) is 12.9. The molecular weight excluding hydrogens is 330 g/mol. The third-order valence-corrected chi connectivity index (χ3v) is 4.59. The maximum atomic E-state index is 12.1. The second-order valence-corrected chi connectivity index (χ2v) is 6.83. The summed E-state index contributed by atoms with van der Waals surface area (Å²) in [6.45, 7) is 3.50. The van der Waals surface area contributed by atoms with Crippen LogP contribution in [-0.4, -0.2) is 18.4 Å². The highest BCUT2D eigenvalue weighted by atomic mass is 79.9. The molecule has 1 unspecified atom stereocenters. The molecule has 0 aliphatic heterocycles. The number of hydrogen-bond donors (Lipinski definition) is 2. The van der Waals surface area contributed by atoms with Gasteiger partial charge in [0.2, 0.25) is 0 Å². The van der Waals surface area contributed by atoms with Gasteiger partial charge in [-0.2, -0.15) is 0 Å². The Hall–Kier alpha value is -1.18. The van der Waals surface area contributed by atoms with Crippen LogP contribution in [-0.2, 0) is 10.0 Å². The molecule has 0 fully saturated rings. The normalized spacial score (nSPS) is 13.4. The molecule has 0 saturated heterocycles. The Morgan fingerprint density at radius 3 is 2.74 bits per heavy atom. The van der Waals surface area contributed by atoms with E-state index in [1.807, 2.05) is 24.3 Å². The third-order valence-electron chi connectivity index (χ3n) is 2.65. The molecule has 102 valence electrons. The predicted octanol–water partition coefficient (Wildman–Crippen LogP) is 2.52. The number of rotatable bonds is 4. The predicted molar refractivity (Wildman–Crippen MR) is 76.2 cm³/mol. The highest BCUT2D eigenvalue weighted by Gasteiger charge is 2.20. The lowest BCUT2D eigenvalue weighted by molar-refractivity contribution is 0.563. The summed E-state index contributed by atoms with van der Waals surface area (Å²) in [6.07, 6.45) is 1.31. The fourth-order valence-electron chi connectivity index (χ4n) is 1.68. The molecule has 0 aliphatic carbocycles. The van der Waals surface area contributed by atoms with Gasteiger partial charge >= 0.3 is 0 Å². The topological polar surface area (TPSA) is 74.8 Å². The van der Waals surface area contributed by atoms with Gasteiger partial charge in [-0.3, -0.25) is 0 Å². The second kappa shape index (κ2) is 5.44. The minimum atomic E-state index is -3.58. The van der Waals surface area contributed by atoms with Gasteiger partial charge in [-0.1, -0.05) is 28.1 Å². The van der Waals surface area contributed by atoms with Crippen LogP contribution in [0.15, 0.2) is 40.0 Å². The van der Waals surface area contributed by atoms with E-state index >= 15 is 0 Å². The first-order valence-corrected chi connectivity index (χ1v) is 7.95. The van der Waals surface area contributed by atoms with Gasteiger partial charge in [-0.15, -0.1) is 0 Å². The first kappa shape index (κ1) is 14.2. The molecule has 0 bridgehead atoms. The molecule has 0 amide bonds. The van der Waals surface area contributed by atoms with E-state index < -0.39 is 10.0 Å². The number of nitrogens with zero attached hydrogens (tertiary/aromatic N) is 1. The molecule has 1 atom stereocenters. The summed E-state index contributed by atoms with van der Waals surface area (Å²) in [7, 11) is -3.58. The van der Waals surface area contributed by atoms with Crippen molar-refractivity contribution in [3.8, 4) is 0 Å². The summed E-state index contributed by atoms with van der Waals surface area (Å²) in [4.78, 5) is 6.61. The number of halogens is 1. The Morgan fingerprint density at radius 1 is 1.42 bits per heavy atom. The van der Waals surface area contributed by atoms with Gasteiger partial charge in [-0.25, -0.2) is 18.1 Å². The monoisotopic (exact) mass is 343 g/mol. The zero-order valence-electron chi connectivity index (χ0n) is 10.5. The molecule has 2 aromatic rings. The van der Waals surface area contributed by atoms with Crippen LogP contribution in [0, 0.1) is 6.92 Å². The number of sulfonamides is 1. The van der Waals surface area contributed by atoms with E-state index in [2.05, 4.69) is 30.6 Å². The molecule has 7 heteroatoms. The number of H-pyrrole nitrogens is 1. The van der Waals surface area contributed by atoms with Crippen molar-refractivity contribution in [1.29, 1.82) is 0 Å². The van der Waals surface area contributed by atoms with Crippen molar-refractivity contribution >= 4 is 26.0 Å². The molecule has 0 saturated carbocycles. The second-order valence-electron chi connectivity index (χ2n) is 4.23. The fraction of sp³-hybridized carbons (Fsp3) is 0.250. The van der Waals surface area contributed by atoms with Gasteiger partial charge < -0.3 is 4.98 Å². The van der Waals surface area contributed by atoms with Gasteiger partial charge in [-0.05, 0) is 31.5 Å². The van der Waals surface area contributed by atoms with E-state index in [1.165, 1.54) is 6.20 Å². The van der Waals surface area contributed by atoms with Gasteiger partial charge in [0, 0.05) is 10.5 Å². The van der Waals surface area contributed by atoms with Crippen molar-refractivity contribution in [3.05, 3.63) is 46.3 Å². The fourth-order valence-corrected chi connectivity index (χ4v) is 3.29. The first-order chi connectivity index (χ1) is 8.88. The molecule has 2 N–H and O–H groups in total. The third kappa shape index (κ3) is 3.43. The number of nitrogens with one attached hydrogen (secondary N) is 2. The average Bonchev–Trinajstić information content (AvgIpc) is 2.76. The lowest BCUT2D eigenvalue weighted by Crippen LogP contribution is -2.27. The van der Waals surface area contributed by atoms with Crippen LogP contribution in [0.1, 0.15) is 24.4 Å². The number of aromatic amines is 1. The number of benzene rings is 1. The smallest absolute Gasteiger partial charge is 0.258 e. The SMILES string of the molecule is Cc1ncc(S(=O)(=O)NC(C)c2cccc(Br)c2)[nH]1. The van der Waals surface area contributed by atoms with Crippen molar-refractivity contribution in [1.82, 2.24) is 14.7 Å². The summed E-state index contributed by atoms with van der Waals surface area (Å²) in [5.74, 6) is 0.565. The average molecular weight is 344 g/mol. The molecule has 0 aliphatic rings. The molecule has 1 aromatic heterocycles. The van der Waals surface area contributed by atoms with E-state index in [0.29, 0.717) is 5.82 Å². The Morgan fingerprint density at radius 2 is 2.16 bits per heavy atom. The van der Waals surface area contributed by atoms with Crippen LogP contribution >= 0.6 is 15.9 Å². The minimum Gasteiger partial charge on any atom is -0.332 e. The molecule has 19 heavy (non-hydrogen) atoms. The van der Waals surface area contributed by atoms with E-state index in [-0.39, 0.29) is 11.1 Å². The van der Waals surface area contributed by atoms with Crippen molar-refractivity contribution in [2.45, 2.75) is 24.9 Å². The molecule has 1 heterocycles. The van der Waals surface area contributed by atoms with E-state index in [0.717, 1.165) is 10.0 Å². The number of aromatic nitrogens is 2. The molecule has 5 nitrogen and oxygen atoms in total. The highest BCUT2D eigenvalue weighted by molar-refractivity contribution is 9.10. The Kier molecular flexibility index (Phi) is 4.07. The maximum Gasteiger partial charge on any atom is 0.258 e. The highest BCUT2D eigenvalue weighted by Crippen LogP contribution is 2.19. The number of imidazole rings is 1. The van der Waals surface area contributed by atoms with Crippen LogP contribution in [0.2, 0.25) is 0 Å². The molecule has 2 rings (SSSR count).